The molecule has 6 heterocycles. The van der Waals surface area contributed by atoms with Crippen molar-refractivity contribution in [1.82, 2.24) is 25.4 Å². The normalized spacial score (nSPS) is 15.1. The molecule has 0 saturated heterocycles. The van der Waals surface area contributed by atoms with Crippen LogP contribution in [0.3, 0.4) is 0 Å². The Morgan fingerprint density at radius 1 is 0.705 bits per heavy atom. The number of aromatic nitrogens is 4. The molecule has 6 rings (SSSR count). The first-order chi connectivity index (χ1) is 36.9. The minimum atomic E-state index is -1.01. The Morgan fingerprint density at radius 3 is 1.69 bits per heavy atom. The maximum Gasteiger partial charge on any atom is 0.308 e. The number of anilines is 4. The van der Waals surface area contributed by atoms with E-state index in [2.05, 4.69) is 65.1 Å². The van der Waals surface area contributed by atoms with Crippen molar-refractivity contribution in [3.63, 3.8) is 0 Å². The zero-order valence-electron chi connectivity index (χ0n) is 43.7. The molecule has 3 atom stereocenters. The number of rotatable bonds is 17. The Morgan fingerprint density at radius 2 is 1.18 bits per heavy atom. The van der Waals surface area contributed by atoms with Gasteiger partial charge in [-0.15, -0.1) is 6.58 Å². The van der Waals surface area contributed by atoms with Gasteiger partial charge < -0.3 is 71.7 Å². The molecule has 2 aliphatic heterocycles. The Labute approximate surface area is 466 Å². The van der Waals surface area contributed by atoms with E-state index in [0.29, 0.717) is 85.2 Å². The summed E-state index contributed by atoms with van der Waals surface area (Å²) in [7, 11) is 2.52. The van der Waals surface area contributed by atoms with E-state index in [0.717, 1.165) is 19.3 Å². The summed E-state index contributed by atoms with van der Waals surface area (Å²) in [5, 5.41) is 16.5. The van der Waals surface area contributed by atoms with Crippen molar-refractivity contribution in [3.05, 3.63) is 119 Å². The molecule has 2 aliphatic rings. The summed E-state index contributed by atoms with van der Waals surface area (Å²) >= 11 is 0. The Bertz CT molecular complexity index is 2400. The van der Waals surface area contributed by atoms with Crippen LogP contribution in [0.1, 0.15) is 44.9 Å². The van der Waals surface area contributed by atoms with Gasteiger partial charge in [-0.1, -0.05) is 31.4 Å². The maximum absolute atomic E-state index is 12.3. The summed E-state index contributed by atoms with van der Waals surface area (Å²) in [6, 6.07) is 6.67. The largest absolute Gasteiger partial charge is 0.491 e. The number of fused-ring (bicyclic) bond motifs is 2. The molecule has 3 unspecified atom stereocenters. The first-order valence-electron chi connectivity index (χ1n) is 23.6. The molecule has 0 bridgehead atoms. The van der Waals surface area contributed by atoms with Crippen LogP contribution in [0.2, 0.25) is 0 Å². The molecular formula is C52H68N9O16Pd-. The average Bonchev–Trinajstić information content (AvgIpc) is 3.49. The molecule has 4 amide bonds. The molecule has 0 spiro atoms. The molecular weight excluding hydrogens is 1110 g/mol. The summed E-state index contributed by atoms with van der Waals surface area (Å²) in [4.78, 5) is 86.4. The number of methoxy groups -OCH3 is 2. The molecule has 25 nitrogen and oxygen atoms in total. The SMILES string of the molecule is C=CCOc1ccncc1N.C=CCOc1ccncc1NC(=O)C(CC(=O)OC)OCC=C.COC(=O)CC1OCCCCOc2ccncc2NC1=O.O=C(CC1OCCCCOc2ccncc2NC1=O)NO.[CH3-].[Pd]. The van der Waals surface area contributed by atoms with Crippen LogP contribution >= 0.6 is 0 Å². The third-order valence-corrected chi connectivity index (χ3v) is 9.82. The van der Waals surface area contributed by atoms with Crippen LogP contribution in [0.15, 0.2) is 112 Å². The molecule has 0 aliphatic carbocycles. The molecule has 4 aromatic rings. The maximum atomic E-state index is 12.3. The van der Waals surface area contributed by atoms with E-state index in [1.54, 1.807) is 61.2 Å². The first-order valence-corrected chi connectivity index (χ1v) is 23.6. The number of carbonyl (C=O) groups is 6. The fraction of sp³-hybridized carbons (Fsp3) is 0.365. The molecule has 0 fully saturated rings. The minimum Gasteiger partial charge on any atom is -0.491 e. The van der Waals surface area contributed by atoms with Crippen molar-refractivity contribution >= 4 is 58.3 Å². The zero-order valence-corrected chi connectivity index (χ0v) is 45.2. The zero-order chi connectivity index (χ0) is 55.3. The number of ether oxygens (including phenoxy) is 9. The number of nitrogens with zero attached hydrogens (tertiary/aromatic N) is 4. The van der Waals surface area contributed by atoms with Crippen molar-refractivity contribution < 1.29 is 97.0 Å². The number of hydrogen-bond donors (Lipinski definition) is 6. The summed E-state index contributed by atoms with van der Waals surface area (Å²) in [5.74, 6) is -0.979. The number of hydroxylamine groups is 1. The predicted molar refractivity (Wildman–Crippen MR) is 282 cm³/mol. The molecule has 78 heavy (non-hydrogen) atoms. The van der Waals surface area contributed by atoms with Gasteiger partial charge >= 0.3 is 11.9 Å². The van der Waals surface area contributed by atoms with Gasteiger partial charge in [-0.25, -0.2) is 5.48 Å². The van der Waals surface area contributed by atoms with Crippen LogP contribution in [0.5, 0.6) is 23.0 Å². The molecule has 0 saturated carbocycles. The van der Waals surface area contributed by atoms with Crippen molar-refractivity contribution in [2.45, 2.75) is 63.3 Å². The molecule has 0 radical (unpaired) electrons. The number of esters is 2. The van der Waals surface area contributed by atoms with Crippen LogP contribution in [-0.2, 0) is 72.9 Å². The number of pyridine rings is 4. The smallest absolute Gasteiger partial charge is 0.308 e. The van der Waals surface area contributed by atoms with Crippen molar-refractivity contribution in [2.75, 3.05) is 82.2 Å². The number of nitrogens with two attached hydrogens (primary N) is 1. The van der Waals surface area contributed by atoms with Gasteiger partial charge in [0.2, 0.25) is 5.91 Å². The monoisotopic (exact) mass is 1180 g/mol. The number of nitrogens with one attached hydrogen (secondary N) is 4. The number of nitrogen functional groups attached to an aromatic ring is 1. The van der Waals surface area contributed by atoms with Gasteiger partial charge in [0.25, 0.3) is 17.7 Å². The molecule has 26 heteroatoms. The van der Waals surface area contributed by atoms with Crippen molar-refractivity contribution in [1.29, 1.82) is 0 Å². The van der Waals surface area contributed by atoms with E-state index in [1.807, 2.05) is 0 Å². The summed E-state index contributed by atoms with van der Waals surface area (Å²) in [6.07, 6.45) is 16.5. The van der Waals surface area contributed by atoms with Gasteiger partial charge in [0.1, 0.15) is 71.6 Å². The van der Waals surface area contributed by atoms with E-state index in [9.17, 15) is 28.8 Å². The van der Waals surface area contributed by atoms with Gasteiger partial charge in [-0.2, -0.15) is 0 Å². The standard InChI is InChI=1S/C16H20N2O5.C14H18N2O5.C13H17N3O5.C8H10N2O.CH3.Pd/c1-4-8-22-13-6-7-17-11-12(13)18-16(20)14(23-9-5-2)10-15(19)21-3;1-19-13(17)8-12-14(18)16-10-9-15-5-4-11(10)20-6-2-3-7-21-12;17-12(16-19)7-11-13(18)15-9-8-14-4-3-10(9)20-5-1-2-6-21-11;1-2-5-11-8-3-4-10-6-7(8)9;;/h4-7,11,14H,1-2,8-10H2,3H3,(H,18,20);4-5,9,12H,2-3,6-8H2,1H3,(H,16,18);3-4,8,11,19H,1-2,5-7H2,(H,15,18)(H,16,17);2-4,6H,1,5,9H2;1H3;/q;;;;-1;. The Kier molecular flexibility index (Phi) is 35.3. The van der Waals surface area contributed by atoms with E-state index in [1.165, 1.54) is 50.6 Å². The summed E-state index contributed by atoms with van der Waals surface area (Å²) < 4.78 is 47.2. The topological polar surface area (TPSA) is 331 Å². The fourth-order valence-electron chi connectivity index (χ4n) is 6.04. The molecule has 7 N–H and O–H groups in total. The van der Waals surface area contributed by atoms with Gasteiger partial charge in [0.15, 0.2) is 0 Å². The van der Waals surface area contributed by atoms with Gasteiger partial charge in [-0.05, 0) is 25.7 Å². The van der Waals surface area contributed by atoms with Crippen molar-refractivity contribution in [2.24, 2.45) is 0 Å². The van der Waals surface area contributed by atoms with E-state index in [-0.39, 0.29) is 60.3 Å². The van der Waals surface area contributed by atoms with Crippen LogP contribution in [0.25, 0.3) is 0 Å². The first kappa shape index (κ1) is 68.2. The third-order valence-electron chi connectivity index (χ3n) is 9.82. The quantitative estimate of drug-likeness (QED) is 0.0202. The van der Waals surface area contributed by atoms with Gasteiger partial charge in [0, 0.05) is 82.7 Å². The predicted octanol–water partition coefficient (Wildman–Crippen LogP) is 5.01. The number of hydrogen-bond acceptors (Lipinski definition) is 21. The number of amides is 4. The second kappa shape index (κ2) is 40.4. The Balaban J connectivity index is 0.000000528. The van der Waals surface area contributed by atoms with Crippen molar-refractivity contribution in [3.8, 4) is 23.0 Å². The second-order valence-corrected chi connectivity index (χ2v) is 15.4. The molecule has 428 valence electrons. The summed E-state index contributed by atoms with van der Waals surface area (Å²) in [5.41, 5.74) is 8.83. The van der Waals surface area contributed by atoms with E-state index in [4.69, 9.17) is 44.1 Å². The molecule has 0 aromatic carbocycles. The van der Waals surface area contributed by atoms with Gasteiger partial charge in [-0.3, -0.25) is 53.9 Å². The second-order valence-electron chi connectivity index (χ2n) is 15.4. The Hall–Kier alpha value is -7.86. The van der Waals surface area contributed by atoms with Crippen LogP contribution in [-0.4, -0.2) is 139 Å². The van der Waals surface area contributed by atoms with Crippen LogP contribution in [0, 0.1) is 7.43 Å². The fourth-order valence-corrected chi connectivity index (χ4v) is 6.04. The molecule has 4 aromatic heterocycles. The number of carbonyl (C=O) groups excluding carboxylic acids is 6. The van der Waals surface area contributed by atoms with Crippen LogP contribution in [0.4, 0.5) is 22.7 Å². The summed E-state index contributed by atoms with van der Waals surface area (Å²) in [6.45, 7) is 13.2. The minimum absolute atomic E-state index is 0. The average molecular weight is 1180 g/mol. The van der Waals surface area contributed by atoms with E-state index >= 15 is 0 Å². The third kappa shape index (κ3) is 26.3. The van der Waals surface area contributed by atoms with Crippen LogP contribution < -0.4 is 46.1 Å². The van der Waals surface area contributed by atoms with E-state index < -0.39 is 53.9 Å². The van der Waals surface area contributed by atoms with Gasteiger partial charge in [0.05, 0.1) is 83.8 Å².